The summed E-state index contributed by atoms with van der Waals surface area (Å²) in [6.07, 6.45) is 1.49. The molecule has 2 aromatic carbocycles. The fraction of sp³-hybridized carbons (Fsp3) is 0.0952. The van der Waals surface area contributed by atoms with Crippen LogP contribution >= 0.6 is 23.2 Å². The van der Waals surface area contributed by atoms with Crippen LogP contribution in [-0.2, 0) is 13.6 Å². The molecule has 2 N–H and O–H groups in total. The van der Waals surface area contributed by atoms with E-state index in [1.54, 1.807) is 19.2 Å². The van der Waals surface area contributed by atoms with Gasteiger partial charge in [-0.2, -0.15) is 0 Å². The van der Waals surface area contributed by atoms with Gasteiger partial charge in [0.1, 0.15) is 5.52 Å². The topological polar surface area (TPSA) is 88.9 Å². The molecule has 0 aliphatic rings. The summed E-state index contributed by atoms with van der Waals surface area (Å²) >= 11 is 12.0. The van der Waals surface area contributed by atoms with Crippen LogP contribution in [0.15, 0.2) is 64.3 Å². The fourth-order valence-electron chi connectivity index (χ4n) is 3.27. The molecule has 2 heterocycles. The Kier molecular flexibility index (Phi) is 5.24. The van der Waals surface area contributed by atoms with E-state index >= 15 is 0 Å². The molecule has 30 heavy (non-hydrogen) atoms. The lowest BCUT2D eigenvalue weighted by atomic mass is 10.2. The maximum atomic E-state index is 13.0. The number of benzene rings is 2. The number of hydrogen-bond acceptors (Lipinski definition) is 3. The SMILES string of the molecule is Cn1cc(C(=O)Nc2ccc(Cl)cc2Cl)c2[nH]c(=O)n(Cc3ccccc3)c(=O)c21. The van der Waals surface area contributed by atoms with Crippen LogP contribution in [0.5, 0.6) is 0 Å². The summed E-state index contributed by atoms with van der Waals surface area (Å²) in [5, 5.41) is 3.39. The lowest BCUT2D eigenvalue weighted by molar-refractivity contribution is 0.102. The molecule has 0 atom stereocenters. The van der Waals surface area contributed by atoms with Crippen LogP contribution in [-0.4, -0.2) is 20.0 Å². The van der Waals surface area contributed by atoms with E-state index in [1.807, 2.05) is 30.3 Å². The Morgan fingerprint density at radius 2 is 1.83 bits per heavy atom. The van der Waals surface area contributed by atoms with E-state index in [0.29, 0.717) is 10.7 Å². The molecule has 0 aliphatic heterocycles. The van der Waals surface area contributed by atoms with E-state index < -0.39 is 17.2 Å². The number of nitrogens with zero attached hydrogens (tertiary/aromatic N) is 2. The number of aromatic amines is 1. The van der Waals surface area contributed by atoms with Gasteiger partial charge in [-0.25, -0.2) is 4.79 Å². The predicted octanol–water partition coefficient (Wildman–Crippen LogP) is 3.64. The Morgan fingerprint density at radius 3 is 2.53 bits per heavy atom. The number of H-pyrrole nitrogens is 1. The monoisotopic (exact) mass is 442 g/mol. The van der Waals surface area contributed by atoms with Crippen LogP contribution in [0.25, 0.3) is 11.0 Å². The molecule has 1 amide bonds. The molecule has 4 aromatic rings. The summed E-state index contributed by atoms with van der Waals surface area (Å²) < 4.78 is 2.63. The molecule has 4 rings (SSSR count). The molecule has 0 fully saturated rings. The number of fused-ring (bicyclic) bond motifs is 1. The molecule has 0 spiro atoms. The van der Waals surface area contributed by atoms with Crippen molar-refractivity contribution in [2.45, 2.75) is 6.54 Å². The Hall–Kier alpha value is -3.29. The van der Waals surface area contributed by atoms with Gasteiger partial charge in [-0.15, -0.1) is 0 Å². The number of amides is 1. The minimum atomic E-state index is -0.596. The number of hydrogen-bond donors (Lipinski definition) is 2. The molecule has 9 heteroatoms. The van der Waals surface area contributed by atoms with Gasteiger partial charge < -0.3 is 14.9 Å². The highest BCUT2D eigenvalue weighted by Crippen LogP contribution is 2.26. The zero-order chi connectivity index (χ0) is 21.4. The van der Waals surface area contributed by atoms with Crippen molar-refractivity contribution in [2.24, 2.45) is 7.05 Å². The molecule has 0 unspecified atom stereocenters. The van der Waals surface area contributed by atoms with Gasteiger partial charge in [-0.05, 0) is 23.8 Å². The van der Waals surface area contributed by atoms with Crippen molar-refractivity contribution in [3.05, 3.63) is 96.7 Å². The highest BCUT2D eigenvalue weighted by Gasteiger charge is 2.20. The number of halogens is 2. The van der Waals surface area contributed by atoms with Crippen LogP contribution < -0.4 is 16.6 Å². The lowest BCUT2D eigenvalue weighted by Crippen LogP contribution is -2.36. The van der Waals surface area contributed by atoms with Crippen LogP contribution in [0.3, 0.4) is 0 Å². The van der Waals surface area contributed by atoms with Gasteiger partial charge in [0.05, 0.1) is 28.3 Å². The number of rotatable bonds is 4. The summed E-state index contributed by atoms with van der Waals surface area (Å²) in [7, 11) is 1.64. The average Bonchev–Trinajstić information content (AvgIpc) is 3.04. The van der Waals surface area contributed by atoms with Crippen molar-refractivity contribution in [3.8, 4) is 0 Å². The number of nitrogens with one attached hydrogen (secondary N) is 2. The van der Waals surface area contributed by atoms with E-state index in [0.717, 1.165) is 10.1 Å². The Morgan fingerprint density at radius 1 is 1.10 bits per heavy atom. The molecule has 0 bridgehead atoms. The smallest absolute Gasteiger partial charge is 0.329 e. The van der Waals surface area contributed by atoms with E-state index in [9.17, 15) is 14.4 Å². The highest BCUT2D eigenvalue weighted by atomic mass is 35.5. The second kappa shape index (κ2) is 7.85. The maximum Gasteiger partial charge on any atom is 0.329 e. The molecule has 152 valence electrons. The van der Waals surface area contributed by atoms with Gasteiger partial charge >= 0.3 is 5.69 Å². The van der Waals surface area contributed by atoms with Gasteiger partial charge in [0, 0.05) is 18.3 Å². The largest absolute Gasteiger partial charge is 0.344 e. The molecule has 0 saturated heterocycles. The zero-order valence-corrected chi connectivity index (χ0v) is 17.3. The fourth-order valence-corrected chi connectivity index (χ4v) is 3.72. The Bertz CT molecular complexity index is 1390. The first-order chi connectivity index (χ1) is 14.3. The summed E-state index contributed by atoms with van der Waals surface area (Å²) in [5.74, 6) is -0.513. The lowest BCUT2D eigenvalue weighted by Gasteiger charge is -2.08. The minimum Gasteiger partial charge on any atom is -0.344 e. The molecule has 2 aromatic heterocycles. The molecule has 0 radical (unpaired) electrons. The van der Waals surface area contributed by atoms with Gasteiger partial charge in [-0.3, -0.25) is 14.2 Å². The summed E-state index contributed by atoms with van der Waals surface area (Å²) in [4.78, 5) is 41.1. The second-order valence-electron chi connectivity index (χ2n) is 6.76. The van der Waals surface area contributed by atoms with E-state index in [4.69, 9.17) is 23.2 Å². The van der Waals surface area contributed by atoms with E-state index in [-0.39, 0.29) is 28.2 Å². The third-order valence-electron chi connectivity index (χ3n) is 4.71. The number of aromatic nitrogens is 3. The summed E-state index contributed by atoms with van der Waals surface area (Å²) in [6, 6.07) is 13.9. The predicted molar refractivity (Wildman–Crippen MR) is 118 cm³/mol. The van der Waals surface area contributed by atoms with E-state index in [1.165, 1.54) is 16.8 Å². The standard InChI is InChI=1S/C21H16Cl2N4O3/c1-26-11-14(19(28)24-16-8-7-13(22)9-15(16)23)17-18(26)20(29)27(21(30)25-17)10-12-5-3-2-4-6-12/h2-9,11H,10H2,1H3,(H,24,28)(H,25,30). The average molecular weight is 443 g/mol. The van der Waals surface area contributed by atoms with Crippen LogP contribution in [0.2, 0.25) is 10.0 Å². The van der Waals surface area contributed by atoms with Gasteiger partial charge in [-0.1, -0.05) is 53.5 Å². The third kappa shape index (κ3) is 3.65. The first-order valence-corrected chi connectivity index (χ1v) is 9.73. The Labute approximate surface area is 180 Å². The van der Waals surface area contributed by atoms with E-state index in [2.05, 4.69) is 10.3 Å². The quantitative estimate of drug-likeness (QED) is 0.505. The first kappa shape index (κ1) is 20.0. The number of carbonyl (C=O) groups excluding carboxylic acids is 1. The van der Waals surface area contributed by atoms with Crippen molar-refractivity contribution in [1.82, 2.24) is 14.1 Å². The van der Waals surface area contributed by atoms with Crippen molar-refractivity contribution >= 4 is 45.8 Å². The summed E-state index contributed by atoms with van der Waals surface area (Å²) in [6.45, 7) is 0.123. The van der Waals surface area contributed by atoms with Gasteiger partial charge in [0.25, 0.3) is 11.5 Å². The van der Waals surface area contributed by atoms with Crippen molar-refractivity contribution in [1.29, 1.82) is 0 Å². The van der Waals surface area contributed by atoms with Crippen LogP contribution in [0.1, 0.15) is 15.9 Å². The van der Waals surface area contributed by atoms with Crippen LogP contribution in [0.4, 0.5) is 5.69 Å². The molecule has 0 aliphatic carbocycles. The maximum absolute atomic E-state index is 13.0. The van der Waals surface area contributed by atoms with Gasteiger partial charge in [0.15, 0.2) is 0 Å². The van der Waals surface area contributed by atoms with Crippen LogP contribution in [0, 0.1) is 0 Å². The molecule has 7 nitrogen and oxygen atoms in total. The molecule has 0 saturated carbocycles. The van der Waals surface area contributed by atoms with Crippen molar-refractivity contribution < 1.29 is 4.79 Å². The first-order valence-electron chi connectivity index (χ1n) is 8.97. The highest BCUT2D eigenvalue weighted by molar-refractivity contribution is 6.37. The minimum absolute atomic E-state index is 0.123. The third-order valence-corrected chi connectivity index (χ3v) is 5.26. The number of carbonyl (C=O) groups is 1. The van der Waals surface area contributed by atoms with Crippen molar-refractivity contribution in [2.75, 3.05) is 5.32 Å². The number of anilines is 1. The summed E-state index contributed by atoms with van der Waals surface area (Å²) in [5.41, 5.74) is 0.638. The second-order valence-corrected chi connectivity index (χ2v) is 7.61. The Balaban J connectivity index is 1.77. The zero-order valence-electron chi connectivity index (χ0n) is 15.8. The molecular weight excluding hydrogens is 427 g/mol. The molecular formula is C21H16Cl2N4O3. The normalized spacial score (nSPS) is 11.0. The van der Waals surface area contributed by atoms with Crippen molar-refractivity contribution in [3.63, 3.8) is 0 Å². The number of aryl methyl sites for hydroxylation is 1. The van der Waals surface area contributed by atoms with Gasteiger partial charge in [0.2, 0.25) is 0 Å².